The molecule has 0 bridgehead atoms. The zero-order chi connectivity index (χ0) is 21.2. The highest BCUT2D eigenvalue weighted by Crippen LogP contribution is 2.35. The van der Waals surface area contributed by atoms with Gasteiger partial charge in [0.25, 0.3) is 11.6 Å². The molecule has 2 aromatic rings. The third kappa shape index (κ3) is 6.18. The number of hydrogen-bond acceptors (Lipinski definition) is 6. The SMILES string of the molecule is CCCCc1ccc(NC(=O)c2cc(OC)c(OCCOC)cc2[N+](=O)[O-])cc1. The van der Waals surface area contributed by atoms with Crippen molar-refractivity contribution in [2.45, 2.75) is 26.2 Å². The van der Waals surface area contributed by atoms with Gasteiger partial charge in [0.2, 0.25) is 0 Å². The fourth-order valence-electron chi connectivity index (χ4n) is 2.72. The van der Waals surface area contributed by atoms with Crippen molar-refractivity contribution in [2.24, 2.45) is 0 Å². The van der Waals surface area contributed by atoms with Crippen LogP contribution in [0.15, 0.2) is 36.4 Å². The number of rotatable bonds is 11. The minimum atomic E-state index is -0.620. The van der Waals surface area contributed by atoms with Crippen molar-refractivity contribution in [3.8, 4) is 11.5 Å². The van der Waals surface area contributed by atoms with E-state index in [9.17, 15) is 14.9 Å². The van der Waals surface area contributed by atoms with Crippen LogP contribution in [0.2, 0.25) is 0 Å². The molecule has 8 heteroatoms. The number of hydrogen-bond donors (Lipinski definition) is 1. The van der Waals surface area contributed by atoms with E-state index in [0.717, 1.165) is 19.3 Å². The summed E-state index contributed by atoms with van der Waals surface area (Å²) in [6.45, 7) is 2.64. The first-order chi connectivity index (χ1) is 14.0. The van der Waals surface area contributed by atoms with Gasteiger partial charge in [-0.3, -0.25) is 14.9 Å². The normalized spacial score (nSPS) is 10.4. The minimum absolute atomic E-state index is 0.110. The molecule has 0 aliphatic heterocycles. The smallest absolute Gasteiger partial charge is 0.286 e. The first-order valence-electron chi connectivity index (χ1n) is 9.38. The summed E-state index contributed by atoms with van der Waals surface area (Å²) < 4.78 is 15.6. The first-order valence-corrected chi connectivity index (χ1v) is 9.38. The fraction of sp³-hybridized carbons (Fsp3) is 0.381. The van der Waals surface area contributed by atoms with E-state index in [1.807, 2.05) is 12.1 Å². The average molecular weight is 402 g/mol. The summed E-state index contributed by atoms with van der Waals surface area (Å²) in [7, 11) is 2.92. The molecule has 0 saturated carbocycles. The Bertz CT molecular complexity index is 836. The summed E-state index contributed by atoms with van der Waals surface area (Å²) >= 11 is 0. The van der Waals surface area contributed by atoms with Crippen LogP contribution in [-0.2, 0) is 11.2 Å². The van der Waals surface area contributed by atoms with E-state index in [1.165, 1.54) is 31.9 Å². The fourth-order valence-corrected chi connectivity index (χ4v) is 2.72. The van der Waals surface area contributed by atoms with E-state index in [0.29, 0.717) is 12.3 Å². The number of aryl methyl sites for hydroxylation is 1. The summed E-state index contributed by atoms with van der Waals surface area (Å²) in [5, 5.41) is 14.2. The Hall–Kier alpha value is -3.13. The van der Waals surface area contributed by atoms with Crippen molar-refractivity contribution in [3.05, 3.63) is 57.6 Å². The van der Waals surface area contributed by atoms with Gasteiger partial charge >= 0.3 is 0 Å². The number of nitro benzene ring substituents is 1. The summed E-state index contributed by atoms with van der Waals surface area (Å²) in [5.41, 5.74) is 1.26. The maximum atomic E-state index is 12.7. The molecule has 156 valence electrons. The maximum Gasteiger partial charge on any atom is 0.286 e. The van der Waals surface area contributed by atoms with E-state index in [1.54, 1.807) is 12.1 Å². The summed E-state index contributed by atoms with van der Waals surface area (Å²) in [5.74, 6) is -0.195. The number of anilines is 1. The van der Waals surface area contributed by atoms with E-state index in [4.69, 9.17) is 14.2 Å². The number of carbonyl (C=O) groups is 1. The number of nitrogens with one attached hydrogen (secondary N) is 1. The van der Waals surface area contributed by atoms with Crippen LogP contribution in [0.25, 0.3) is 0 Å². The maximum absolute atomic E-state index is 12.7. The van der Waals surface area contributed by atoms with Gasteiger partial charge in [0.05, 0.1) is 24.7 Å². The molecule has 1 N–H and O–H groups in total. The van der Waals surface area contributed by atoms with E-state index >= 15 is 0 Å². The molecule has 0 fully saturated rings. The molecule has 2 rings (SSSR count). The molecule has 0 aliphatic carbocycles. The largest absolute Gasteiger partial charge is 0.493 e. The molecule has 0 unspecified atom stereocenters. The van der Waals surface area contributed by atoms with Gasteiger partial charge in [-0.15, -0.1) is 0 Å². The van der Waals surface area contributed by atoms with Crippen molar-refractivity contribution < 1.29 is 23.9 Å². The lowest BCUT2D eigenvalue weighted by Crippen LogP contribution is -2.15. The van der Waals surface area contributed by atoms with E-state index in [-0.39, 0.29) is 29.4 Å². The Kier molecular flexibility index (Phi) is 8.42. The van der Waals surface area contributed by atoms with Crippen molar-refractivity contribution in [1.82, 2.24) is 0 Å². The molecule has 8 nitrogen and oxygen atoms in total. The van der Waals surface area contributed by atoms with Crippen molar-refractivity contribution in [2.75, 3.05) is 32.8 Å². The molecule has 0 atom stereocenters. The number of amides is 1. The molecule has 0 aliphatic rings. The molecular formula is C21H26N2O6. The monoisotopic (exact) mass is 402 g/mol. The molecule has 0 saturated heterocycles. The van der Waals surface area contributed by atoms with Gasteiger partial charge in [-0.1, -0.05) is 25.5 Å². The van der Waals surface area contributed by atoms with Gasteiger partial charge in [-0.05, 0) is 30.5 Å². The Morgan fingerprint density at radius 2 is 1.83 bits per heavy atom. The second-order valence-electron chi connectivity index (χ2n) is 6.37. The van der Waals surface area contributed by atoms with Crippen LogP contribution in [0.3, 0.4) is 0 Å². The van der Waals surface area contributed by atoms with Crippen LogP contribution in [0.5, 0.6) is 11.5 Å². The molecule has 0 spiro atoms. The van der Waals surface area contributed by atoms with Crippen molar-refractivity contribution in [1.29, 1.82) is 0 Å². The van der Waals surface area contributed by atoms with Crippen LogP contribution in [-0.4, -0.2) is 38.3 Å². The van der Waals surface area contributed by atoms with Gasteiger partial charge < -0.3 is 19.5 Å². The molecule has 0 aromatic heterocycles. The lowest BCUT2D eigenvalue weighted by atomic mass is 10.1. The number of benzene rings is 2. The zero-order valence-electron chi connectivity index (χ0n) is 16.9. The van der Waals surface area contributed by atoms with E-state index < -0.39 is 10.8 Å². The molecule has 0 radical (unpaired) electrons. The lowest BCUT2D eigenvalue weighted by molar-refractivity contribution is -0.385. The highest BCUT2D eigenvalue weighted by molar-refractivity contribution is 6.07. The first kappa shape index (κ1) is 22.2. The van der Waals surface area contributed by atoms with Crippen molar-refractivity contribution in [3.63, 3.8) is 0 Å². The molecule has 1 amide bonds. The van der Waals surface area contributed by atoms with Crippen LogP contribution in [0, 0.1) is 10.1 Å². The van der Waals surface area contributed by atoms with Gasteiger partial charge in [0.1, 0.15) is 12.2 Å². The number of carbonyl (C=O) groups excluding carboxylic acids is 1. The topological polar surface area (TPSA) is 99.9 Å². The summed E-state index contributed by atoms with van der Waals surface area (Å²) in [6, 6.07) is 9.95. The second kappa shape index (κ2) is 11.0. The number of nitro groups is 1. The minimum Gasteiger partial charge on any atom is -0.493 e. The standard InChI is InChI=1S/C21H26N2O6/c1-4-5-6-15-7-9-16(10-8-15)22-21(24)17-13-19(28-3)20(29-12-11-27-2)14-18(17)23(25)26/h7-10,13-14H,4-6,11-12H2,1-3H3,(H,22,24). The highest BCUT2D eigenvalue weighted by Gasteiger charge is 2.25. The molecule has 0 heterocycles. The molecular weight excluding hydrogens is 376 g/mol. The lowest BCUT2D eigenvalue weighted by Gasteiger charge is -2.13. The Morgan fingerprint density at radius 3 is 2.41 bits per heavy atom. The summed E-state index contributed by atoms with van der Waals surface area (Å²) in [4.78, 5) is 23.6. The van der Waals surface area contributed by atoms with Crippen LogP contribution >= 0.6 is 0 Å². The summed E-state index contributed by atoms with van der Waals surface area (Å²) in [6.07, 6.45) is 3.17. The number of unbranched alkanes of at least 4 members (excludes halogenated alkanes) is 1. The van der Waals surface area contributed by atoms with Gasteiger partial charge in [-0.25, -0.2) is 0 Å². The predicted molar refractivity (Wildman–Crippen MR) is 110 cm³/mol. The third-order valence-electron chi connectivity index (χ3n) is 4.30. The predicted octanol–water partition coefficient (Wildman–Crippen LogP) is 4.22. The van der Waals surface area contributed by atoms with Crippen LogP contribution < -0.4 is 14.8 Å². The molecule has 2 aromatic carbocycles. The number of methoxy groups -OCH3 is 2. The average Bonchev–Trinajstić information content (AvgIpc) is 2.72. The van der Waals surface area contributed by atoms with Crippen LogP contribution in [0.4, 0.5) is 11.4 Å². The Balaban J connectivity index is 2.24. The highest BCUT2D eigenvalue weighted by atomic mass is 16.6. The third-order valence-corrected chi connectivity index (χ3v) is 4.30. The zero-order valence-corrected chi connectivity index (χ0v) is 16.9. The van der Waals surface area contributed by atoms with Gasteiger partial charge in [-0.2, -0.15) is 0 Å². The number of nitrogens with zero attached hydrogens (tertiary/aromatic N) is 1. The van der Waals surface area contributed by atoms with Crippen molar-refractivity contribution >= 4 is 17.3 Å². The van der Waals surface area contributed by atoms with E-state index in [2.05, 4.69) is 12.2 Å². The Labute approximate surface area is 169 Å². The Morgan fingerprint density at radius 1 is 1.10 bits per heavy atom. The van der Waals surface area contributed by atoms with Gasteiger partial charge in [0.15, 0.2) is 11.5 Å². The quantitative estimate of drug-likeness (QED) is 0.343. The number of ether oxygens (including phenoxy) is 3. The molecule has 29 heavy (non-hydrogen) atoms. The second-order valence-corrected chi connectivity index (χ2v) is 6.37. The van der Waals surface area contributed by atoms with Crippen LogP contribution in [0.1, 0.15) is 35.7 Å². The van der Waals surface area contributed by atoms with Gasteiger partial charge in [0, 0.05) is 18.9 Å².